The second-order valence-corrected chi connectivity index (χ2v) is 6.86. The van der Waals surface area contributed by atoms with E-state index in [9.17, 15) is 8.42 Å². The standard InChI is InChI=1S/C10H20N4O2S/c15-17(16,12-9-1-2-9)14-7-10(8-14)13-5-3-11-4-6-13/h9-12H,1-8H2. The van der Waals surface area contributed by atoms with Crippen LogP contribution in [0.5, 0.6) is 0 Å². The SMILES string of the molecule is O=S(=O)(NC1CC1)N1CC(N2CCNCC2)C1. The fraction of sp³-hybridized carbons (Fsp3) is 1.00. The van der Waals surface area contributed by atoms with Gasteiger partial charge in [-0.1, -0.05) is 0 Å². The first kappa shape index (κ1) is 11.9. The van der Waals surface area contributed by atoms with E-state index in [0.29, 0.717) is 19.1 Å². The fourth-order valence-electron chi connectivity index (χ4n) is 2.38. The number of piperazine rings is 1. The van der Waals surface area contributed by atoms with Gasteiger partial charge in [-0.05, 0) is 12.8 Å². The summed E-state index contributed by atoms with van der Waals surface area (Å²) in [5.41, 5.74) is 0. The molecule has 1 aliphatic carbocycles. The van der Waals surface area contributed by atoms with E-state index < -0.39 is 10.2 Å². The summed E-state index contributed by atoms with van der Waals surface area (Å²) in [5, 5.41) is 3.31. The lowest BCUT2D eigenvalue weighted by Gasteiger charge is -2.45. The predicted molar refractivity (Wildman–Crippen MR) is 64.9 cm³/mol. The van der Waals surface area contributed by atoms with Crippen molar-refractivity contribution in [1.82, 2.24) is 19.2 Å². The Morgan fingerprint density at radius 3 is 2.35 bits per heavy atom. The van der Waals surface area contributed by atoms with Crippen LogP contribution >= 0.6 is 0 Å². The highest BCUT2D eigenvalue weighted by Crippen LogP contribution is 2.23. The third-order valence-electron chi connectivity index (χ3n) is 3.73. The first-order valence-corrected chi connectivity index (χ1v) is 7.81. The average Bonchev–Trinajstić information content (AvgIpc) is 2.99. The Labute approximate surface area is 103 Å². The topological polar surface area (TPSA) is 64.7 Å². The van der Waals surface area contributed by atoms with Crippen molar-refractivity contribution in [2.24, 2.45) is 0 Å². The zero-order valence-corrected chi connectivity index (χ0v) is 10.7. The number of hydrogen-bond acceptors (Lipinski definition) is 4. The van der Waals surface area contributed by atoms with E-state index in [2.05, 4.69) is 14.9 Å². The van der Waals surface area contributed by atoms with E-state index in [1.165, 1.54) is 0 Å². The predicted octanol–water partition coefficient (Wildman–Crippen LogP) is -1.43. The minimum atomic E-state index is -3.19. The Morgan fingerprint density at radius 2 is 1.76 bits per heavy atom. The molecule has 0 radical (unpaired) electrons. The molecule has 2 saturated heterocycles. The highest BCUT2D eigenvalue weighted by Gasteiger charge is 2.41. The molecule has 3 fully saturated rings. The molecule has 7 heteroatoms. The smallest absolute Gasteiger partial charge is 0.279 e. The van der Waals surface area contributed by atoms with Crippen LogP contribution in [0.3, 0.4) is 0 Å². The lowest BCUT2D eigenvalue weighted by atomic mass is 10.1. The molecule has 3 rings (SSSR count). The molecular formula is C10H20N4O2S. The maximum absolute atomic E-state index is 11.9. The minimum absolute atomic E-state index is 0.207. The summed E-state index contributed by atoms with van der Waals surface area (Å²) in [7, 11) is -3.19. The Balaban J connectivity index is 1.49. The second kappa shape index (κ2) is 4.47. The van der Waals surface area contributed by atoms with Crippen LogP contribution in [0.4, 0.5) is 0 Å². The van der Waals surface area contributed by atoms with Gasteiger partial charge in [-0.2, -0.15) is 17.4 Å². The van der Waals surface area contributed by atoms with Crippen LogP contribution in [-0.4, -0.2) is 69.0 Å². The summed E-state index contributed by atoms with van der Waals surface area (Å²) in [6.45, 7) is 5.42. The van der Waals surface area contributed by atoms with Crippen LogP contribution in [0.15, 0.2) is 0 Å². The summed E-state index contributed by atoms with van der Waals surface area (Å²) in [5.74, 6) is 0. The molecule has 6 nitrogen and oxygen atoms in total. The highest BCUT2D eigenvalue weighted by atomic mass is 32.2. The van der Waals surface area contributed by atoms with Gasteiger partial charge >= 0.3 is 0 Å². The molecule has 0 bridgehead atoms. The normalized spacial score (nSPS) is 29.2. The number of rotatable bonds is 4. The molecule has 2 aliphatic heterocycles. The summed E-state index contributed by atoms with van der Waals surface area (Å²) >= 11 is 0. The average molecular weight is 260 g/mol. The van der Waals surface area contributed by atoms with E-state index in [0.717, 1.165) is 39.0 Å². The van der Waals surface area contributed by atoms with E-state index >= 15 is 0 Å². The zero-order valence-electron chi connectivity index (χ0n) is 9.93. The molecule has 17 heavy (non-hydrogen) atoms. The van der Waals surface area contributed by atoms with Crippen molar-refractivity contribution in [2.75, 3.05) is 39.3 Å². The molecular weight excluding hydrogens is 240 g/mol. The third-order valence-corrected chi connectivity index (χ3v) is 5.34. The van der Waals surface area contributed by atoms with Crippen molar-refractivity contribution in [3.8, 4) is 0 Å². The zero-order chi connectivity index (χ0) is 11.9. The molecule has 0 aromatic carbocycles. The highest BCUT2D eigenvalue weighted by molar-refractivity contribution is 7.87. The van der Waals surface area contributed by atoms with Gasteiger partial charge < -0.3 is 5.32 Å². The molecule has 0 spiro atoms. The molecule has 0 unspecified atom stereocenters. The first-order chi connectivity index (χ1) is 8.15. The lowest BCUT2D eigenvalue weighted by molar-refractivity contribution is 0.0765. The number of nitrogens with one attached hydrogen (secondary N) is 2. The monoisotopic (exact) mass is 260 g/mol. The number of hydrogen-bond donors (Lipinski definition) is 2. The van der Waals surface area contributed by atoms with Gasteiger partial charge in [-0.25, -0.2) is 0 Å². The Morgan fingerprint density at radius 1 is 1.12 bits per heavy atom. The molecule has 0 aromatic heterocycles. The van der Waals surface area contributed by atoms with Crippen LogP contribution in [-0.2, 0) is 10.2 Å². The summed E-state index contributed by atoms with van der Waals surface area (Å²) in [6.07, 6.45) is 1.99. The van der Waals surface area contributed by atoms with E-state index in [-0.39, 0.29) is 6.04 Å². The minimum Gasteiger partial charge on any atom is -0.314 e. The van der Waals surface area contributed by atoms with Crippen molar-refractivity contribution in [3.63, 3.8) is 0 Å². The van der Waals surface area contributed by atoms with Crippen molar-refractivity contribution >= 4 is 10.2 Å². The third kappa shape index (κ3) is 2.63. The van der Waals surface area contributed by atoms with Crippen molar-refractivity contribution in [3.05, 3.63) is 0 Å². The maximum Gasteiger partial charge on any atom is 0.279 e. The summed E-state index contributed by atoms with van der Waals surface area (Å²) in [6, 6.07) is 0.631. The Hall–Kier alpha value is -0.210. The summed E-state index contributed by atoms with van der Waals surface area (Å²) < 4.78 is 28.0. The van der Waals surface area contributed by atoms with Gasteiger partial charge in [0.05, 0.1) is 0 Å². The van der Waals surface area contributed by atoms with Gasteiger partial charge in [0, 0.05) is 51.4 Å². The number of nitrogens with zero attached hydrogens (tertiary/aromatic N) is 2. The maximum atomic E-state index is 11.9. The summed E-state index contributed by atoms with van der Waals surface area (Å²) in [4.78, 5) is 2.39. The van der Waals surface area contributed by atoms with Gasteiger partial charge in [0.15, 0.2) is 0 Å². The molecule has 2 heterocycles. The van der Waals surface area contributed by atoms with Crippen LogP contribution in [0.2, 0.25) is 0 Å². The van der Waals surface area contributed by atoms with Crippen molar-refractivity contribution in [1.29, 1.82) is 0 Å². The first-order valence-electron chi connectivity index (χ1n) is 6.37. The van der Waals surface area contributed by atoms with Gasteiger partial charge in [0.2, 0.25) is 0 Å². The molecule has 0 atom stereocenters. The Bertz CT molecular complexity index is 370. The van der Waals surface area contributed by atoms with E-state index in [1.807, 2.05) is 0 Å². The van der Waals surface area contributed by atoms with Gasteiger partial charge in [-0.15, -0.1) is 0 Å². The molecule has 1 saturated carbocycles. The molecule has 98 valence electrons. The van der Waals surface area contributed by atoms with Crippen LogP contribution < -0.4 is 10.0 Å². The van der Waals surface area contributed by atoms with E-state index in [1.54, 1.807) is 4.31 Å². The fourth-order valence-corrected chi connectivity index (χ4v) is 3.92. The van der Waals surface area contributed by atoms with Gasteiger partial charge in [0.1, 0.15) is 0 Å². The molecule has 0 aromatic rings. The van der Waals surface area contributed by atoms with Gasteiger partial charge in [-0.3, -0.25) is 4.90 Å². The van der Waals surface area contributed by atoms with Crippen molar-refractivity contribution < 1.29 is 8.42 Å². The van der Waals surface area contributed by atoms with Crippen molar-refractivity contribution in [2.45, 2.75) is 24.9 Å². The molecule has 2 N–H and O–H groups in total. The van der Waals surface area contributed by atoms with E-state index in [4.69, 9.17) is 0 Å². The molecule has 3 aliphatic rings. The van der Waals surface area contributed by atoms with Crippen LogP contribution in [0.25, 0.3) is 0 Å². The quantitative estimate of drug-likeness (QED) is 0.651. The van der Waals surface area contributed by atoms with Gasteiger partial charge in [0.25, 0.3) is 10.2 Å². The Kier molecular flexibility index (Phi) is 3.12. The van der Waals surface area contributed by atoms with Crippen LogP contribution in [0, 0.1) is 0 Å². The molecule has 0 amide bonds. The lowest BCUT2D eigenvalue weighted by Crippen LogP contribution is -2.65. The van der Waals surface area contributed by atoms with Crippen LogP contribution in [0.1, 0.15) is 12.8 Å². The largest absolute Gasteiger partial charge is 0.314 e. The second-order valence-electron chi connectivity index (χ2n) is 5.15.